The highest BCUT2D eigenvalue weighted by Crippen LogP contribution is 2.42. The van der Waals surface area contributed by atoms with E-state index in [2.05, 4.69) is 17.2 Å². The van der Waals surface area contributed by atoms with Crippen molar-refractivity contribution in [1.82, 2.24) is 15.3 Å². The Morgan fingerprint density at radius 1 is 1.50 bits per heavy atom. The topological polar surface area (TPSA) is 71.2 Å². The Bertz CT molecular complexity index is 497. The van der Waals surface area contributed by atoms with Crippen molar-refractivity contribution in [3.63, 3.8) is 0 Å². The smallest absolute Gasteiger partial charge is 0.277 e. The van der Waals surface area contributed by atoms with Crippen molar-refractivity contribution in [1.29, 1.82) is 0 Å². The largest absolute Gasteiger partial charge is 0.296 e. The van der Waals surface area contributed by atoms with Crippen molar-refractivity contribution in [2.75, 3.05) is 13.1 Å². The summed E-state index contributed by atoms with van der Waals surface area (Å²) in [5, 5.41) is 1.06. The van der Waals surface area contributed by atoms with Crippen molar-refractivity contribution in [3.8, 4) is 0 Å². The van der Waals surface area contributed by atoms with Crippen LogP contribution in [0, 0.1) is 5.92 Å². The number of hydrogen-bond donors (Lipinski definition) is 2. The molecule has 0 radical (unpaired) electrons. The SMILES string of the molecule is CC1CCCN(Cc2nc(C3CC3)c(C(=O)NN)s2)C1. The Morgan fingerprint density at radius 3 is 2.95 bits per heavy atom. The summed E-state index contributed by atoms with van der Waals surface area (Å²) in [6.07, 6.45) is 4.88. The fourth-order valence-electron chi connectivity index (χ4n) is 2.93. The third-order valence-corrected chi connectivity index (χ3v) is 5.15. The molecule has 0 bridgehead atoms. The lowest BCUT2D eigenvalue weighted by Crippen LogP contribution is -2.33. The number of carbonyl (C=O) groups is 1. The van der Waals surface area contributed by atoms with Crippen LogP contribution in [0.25, 0.3) is 0 Å². The van der Waals surface area contributed by atoms with Gasteiger partial charge in [-0.05, 0) is 38.1 Å². The van der Waals surface area contributed by atoms with Crippen LogP contribution < -0.4 is 11.3 Å². The van der Waals surface area contributed by atoms with E-state index in [1.807, 2.05) is 0 Å². The summed E-state index contributed by atoms with van der Waals surface area (Å²) in [4.78, 5) is 19.7. The molecule has 6 heteroatoms. The molecule has 1 saturated carbocycles. The normalized spacial score (nSPS) is 23.8. The average Bonchev–Trinajstić information content (AvgIpc) is 3.20. The van der Waals surface area contributed by atoms with Gasteiger partial charge in [-0.15, -0.1) is 11.3 Å². The van der Waals surface area contributed by atoms with Crippen molar-refractivity contribution in [2.45, 2.75) is 45.1 Å². The Kier molecular flexibility index (Phi) is 4.05. The minimum atomic E-state index is -0.192. The van der Waals surface area contributed by atoms with E-state index in [1.165, 1.54) is 24.2 Å². The molecule has 5 nitrogen and oxygen atoms in total. The zero-order valence-electron chi connectivity index (χ0n) is 11.9. The van der Waals surface area contributed by atoms with Gasteiger partial charge in [-0.1, -0.05) is 6.92 Å². The second-order valence-corrected chi connectivity index (χ2v) is 7.14. The van der Waals surface area contributed by atoms with E-state index in [1.54, 1.807) is 0 Å². The molecule has 1 unspecified atom stereocenters. The summed E-state index contributed by atoms with van der Waals surface area (Å²) >= 11 is 1.51. The van der Waals surface area contributed by atoms with Crippen LogP contribution in [0.5, 0.6) is 0 Å². The monoisotopic (exact) mass is 294 g/mol. The fraction of sp³-hybridized carbons (Fsp3) is 0.714. The lowest BCUT2D eigenvalue weighted by Gasteiger charge is -2.29. The maximum absolute atomic E-state index is 11.8. The zero-order chi connectivity index (χ0) is 14.1. The maximum Gasteiger partial charge on any atom is 0.277 e. The summed E-state index contributed by atoms with van der Waals surface area (Å²) < 4.78 is 0. The van der Waals surface area contributed by atoms with Crippen LogP contribution in [0.4, 0.5) is 0 Å². The van der Waals surface area contributed by atoms with Crippen LogP contribution in [-0.4, -0.2) is 28.9 Å². The summed E-state index contributed by atoms with van der Waals surface area (Å²) in [5.41, 5.74) is 3.22. The number of thiazole rings is 1. The molecular formula is C14H22N4OS. The van der Waals surface area contributed by atoms with Gasteiger partial charge in [-0.2, -0.15) is 0 Å². The first-order chi connectivity index (χ1) is 9.67. The quantitative estimate of drug-likeness (QED) is 0.505. The number of piperidine rings is 1. The van der Waals surface area contributed by atoms with Gasteiger partial charge in [0.25, 0.3) is 5.91 Å². The molecule has 1 atom stereocenters. The van der Waals surface area contributed by atoms with Crippen LogP contribution in [0.1, 0.15) is 58.9 Å². The maximum atomic E-state index is 11.8. The van der Waals surface area contributed by atoms with Gasteiger partial charge in [0.05, 0.1) is 12.2 Å². The number of nitrogens with one attached hydrogen (secondary N) is 1. The van der Waals surface area contributed by atoms with Crippen LogP contribution in [0.15, 0.2) is 0 Å². The lowest BCUT2D eigenvalue weighted by molar-refractivity contribution is 0.0956. The van der Waals surface area contributed by atoms with Gasteiger partial charge in [-0.3, -0.25) is 15.1 Å². The van der Waals surface area contributed by atoms with E-state index in [0.29, 0.717) is 5.92 Å². The van der Waals surface area contributed by atoms with Gasteiger partial charge in [0.1, 0.15) is 9.88 Å². The van der Waals surface area contributed by atoms with Crippen LogP contribution >= 0.6 is 11.3 Å². The second kappa shape index (κ2) is 5.79. The summed E-state index contributed by atoms with van der Waals surface area (Å²) in [6.45, 7) is 5.45. The molecule has 1 amide bonds. The molecule has 2 heterocycles. The number of likely N-dealkylation sites (tertiary alicyclic amines) is 1. The van der Waals surface area contributed by atoms with E-state index >= 15 is 0 Å². The van der Waals surface area contributed by atoms with Crippen molar-refractivity contribution < 1.29 is 4.79 Å². The highest BCUT2D eigenvalue weighted by atomic mass is 32.1. The van der Waals surface area contributed by atoms with E-state index in [9.17, 15) is 4.79 Å². The standard InChI is InChI=1S/C14H22N4OS/c1-9-3-2-6-18(7-9)8-11-16-12(10-4-5-10)13(20-11)14(19)17-15/h9-10H,2-8,15H2,1H3,(H,17,19). The Morgan fingerprint density at radius 2 is 2.30 bits per heavy atom. The predicted molar refractivity (Wildman–Crippen MR) is 79.4 cm³/mol. The van der Waals surface area contributed by atoms with E-state index < -0.39 is 0 Å². The number of nitrogens with zero attached hydrogens (tertiary/aromatic N) is 2. The first kappa shape index (κ1) is 14.0. The Balaban J connectivity index is 1.74. The lowest BCUT2D eigenvalue weighted by atomic mass is 10.0. The Labute approximate surface area is 123 Å². The molecule has 20 heavy (non-hydrogen) atoms. The second-order valence-electron chi connectivity index (χ2n) is 6.05. The van der Waals surface area contributed by atoms with Gasteiger partial charge in [0.2, 0.25) is 0 Å². The highest BCUT2D eigenvalue weighted by molar-refractivity contribution is 7.13. The minimum Gasteiger partial charge on any atom is -0.296 e. The zero-order valence-corrected chi connectivity index (χ0v) is 12.7. The molecule has 2 aliphatic rings. The molecule has 1 saturated heterocycles. The number of amides is 1. The number of nitrogens with two attached hydrogens (primary N) is 1. The highest BCUT2D eigenvalue weighted by Gasteiger charge is 2.32. The summed E-state index contributed by atoms with van der Waals surface area (Å²) in [5.74, 6) is 6.32. The summed E-state index contributed by atoms with van der Waals surface area (Å²) in [7, 11) is 0. The van der Waals surface area contributed by atoms with Crippen LogP contribution in [0.3, 0.4) is 0 Å². The van der Waals surface area contributed by atoms with E-state index in [0.717, 1.165) is 54.0 Å². The molecule has 1 aliphatic carbocycles. The molecule has 3 N–H and O–H groups in total. The van der Waals surface area contributed by atoms with Crippen molar-refractivity contribution in [2.24, 2.45) is 11.8 Å². The predicted octanol–water partition coefficient (Wildman–Crippen LogP) is 1.86. The minimum absolute atomic E-state index is 0.192. The number of hydrogen-bond acceptors (Lipinski definition) is 5. The molecule has 0 aromatic carbocycles. The molecule has 110 valence electrons. The molecule has 2 fully saturated rings. The molecule has 1 aliphatic heterocycles. The van der Waals surface area contributed by atoms with Crippen LogP contribution in [0.2, 0.25) is 0 Å². The fourth-order valence-corrected chi connectivity index (χ4v) is 4.02. The van der Waals surface area contributed by atoms with E-state index in [4.69, 9.17) is 10.8 Å². The number of rotatable bonds is 4. The van der Waals surface area contributed by atoms with Crippen molar-refractivity contribution in [3.05, 3.63) is 15.6 Å². The van der Waals surface area contributed by atoms with Gasteiger partial charge < -0.3 is 0 Å². The Hall–Kier alpha value is -0.980. The van der Waals surface area contributed by atoms with Gasteiger partial charge in [0, 0.05) is 12.5 Å². The first-order valence-electron chi connectivity index (χ1n) is 7.40. The number of hydrazine groups is 1. The average molecular weight is 294 g/mol. The first-order valence-corrected chi connectivity index (χ1v) is 8.22. The van der Waals surface area contributed by atoms with Gasteiger partial charge in [0.15, 0.2) is 0 Å². The molecule has 0 spiro atoms. The number of carbonyl (C=O) groups excluding carboxylic acids is 1. The van der Waals surface area contributed by atoms with E-state index in [-0.39, 0.29) is 5.91 Å². The third kappa shape index (κ3) is 3.02. The molecule has 1 aromatic rings. The summed E-state index contributed by atoms with van der Waals surface area (Å²) in [6, 6.07) is 0. The molecule has 1 aromatic heterocycles. The molecule has 3 rings (SSSR count). The molecular weight excluding hydrogens is 272 g/mol. The third-order valence-electron chi connectivity index (χ3n) is 4.10. The van der Waals surface area contributed by atoms with Crippen LogP contribution in [-0.2, 0) is 6.54 Å². The van der Waals surface area contributed by atoms with Crippen molar-refractivity contribution >= 4 is 17.2 Å². The number of aromatic nitrogens is 1. The number of nitrogen functional groups attached to an aromatic ring is 1. The van der Waals surface area contributed by atoms with Gasteiger partial charge >= 0.3 is 0 Å². The van der Waals surface area contributed by atoms with Gasteiger partial charge in [-0.25, -0.2) is 10.8 Å².